The van der Waals surface area contributed by atoms with E-state index in [-0.39, 0.29) is 18.6 Å². The molecule has 1 aliphatic heterocycles. The quantitative estimate of drug-likeness (QED) is 0.850. The largest absolute Gasteiger partial charge is 0.394 e. The number of aliphatic hydroxyl groups is 1. The molecule has 1 heterocycles. The van der Waals surface area contributed by atoms with Gasteiger partial charge in [0.15, 0.2) is 0 Å². The van der Waals surface area contributed by atoms with Gasteiger partial charge in [0, 0.05) is 25.3 Å². The lowest BCUT2D eigenvalue weighted by Crippen LogP contribution is -2.61. The summed E-state index contributed by atoms with van der Waals surface area (Å²) in [5.41, 5.74) is 2.16. The molecule has 0 aromatic heterocycles. The van der Waals surface area contributed by atoms with Gasteiger partial charge in [0.1, 0.15) is 6.04 Å². The molecule has 1 N–H and O–H groups in total. The lowest BCUT2D eigenvalue weighted by atomic mass is 10.0. The lowest BCUT2D eigenvalue weighted by Gasteiger charge is -2.45. The minimum Gasteiger partial charge on any atom is -0.394 e. The van der Waals surface area contributed by atoms with Gasteiger partial charge >= 0.3 is 0 Å². The first kappa shape index (κ1) is 12.9. The number of para-hydroxylation sites is 1. The molecule has 2 rings (SSSR count). The molecule has 1 aliphatic rings. The predicted molar refractivity (Wildman–Crippen MR) is 71.6 cm³/mol. The van der Waals surface area contributed by atoms with Crippen LogP contribution in [0.1, 0.15) is 12.5 Å². The van der Waals surface area contributed by atoms with E-state index in [0.29, 0.717) is 6.54 Å². The molecule has 1 saturated heterocycles. The highest BCUT2D eigenvalue weighted by Crippen LogP contribution is 2.27. The summed E-state index contributed by atoms with van der Waals surface area (Å²) in [4.78, 5) is 15.9. The fourth-order valence-corrected chi connectivity index (χ4v) is 2.68. The lowest BCUT2D eigenvalue weighted by molar-refractivity contribution is -0.134. The minimum absolute atomic E-state index is 0.0150. The Morgan fingerprint density at radius 2 is 2.06 bits per heavy atom. The van der Waals surface area contributed by atoms with Crippen molar-refractivity contribution in [3.63, 3.8) is 0 Å². The van der Waals surface area contributed by atoms with Crippen LogP contribution in [-0.2, 0) is 4.79 Å². The Balaban J connectivity index is 2.41. The first-order chi connectivity index (χ1) is 8.56. The number of nitrogens with zero attached hydrogens (tertiary/aromatic N) is 2. The summed E-state index contributed by atoms with van der Waals surface area (Å²) in [5.74, 6) is -0.0150. The molecule has 18 heavy (non-hydrogen) atoms. The Morgan fingerprint density at radius 1 is 1.39 bits per heavy atom. The normalized spacial score (nSPS) is 24.6. The molecule has 4 nitrogen and oxygen atoms in total. The number of carbonyl (C=O) groups is 1. The van der Waals surface area contributed by atoms with Crippen molar-refractivity contribution >= 4 is 11.6 Å². The van der Waals surface area contributed by atoms with E-state index in [1.807, 2.05) is 36.1 Å². The van der Waals surface area contributed by atoms with Crippen LogP contribution in [0.4, 0.5) is 5.69 Å². The fourth-order valence-electron chi connectivity index (χ4n) is 2.68. The van der Waals surface area contributed by atoms with E-state index in [2.05, 4.69) is 6.92 Å². The number of rotatable bonds is 2. The molecule has 1 aromatic carbocycles. The number of anilines is 1. The van der Waals surface area contributed by atoms with Crippen LogP contribution < -0.4 is 4.90 Å². The summed E-state index contributed by atoms with van der Waals surface area (Å²) in [6.07, 6.45) is 0. The molecule has 0 radical (unpaired) electrons. The van der Waals surface area contributed by atoms with E-state index in [4.69, 9.17) is 0 Å². The van der Waals surface area contributed by atoms with Crippen molar-refractivity contribution in [1.82, 2.24) is 4.90 Å². The average molecular weight is 248 g/mol. The van der Waals surface area contributed by atoms with Crippen molar-refractivity contribution in [2.45, 2.75) is 25.9 Å². The summed E-state index contributed by atoms with van der Waals surface area (Å²) >= 11 is 0. The molecule has 0 spiro atoms. The van der Waals surface area contributed by atoms with Gasteiger partial charge in [0.05, 0.1) is 6.61 Å². The van der Waals surface area contributed by atoms with Gasteiger partial charge in [0.25, 0.3) is 0 Å². The Morgan fingerprint density at radius 3 is 2.67 bits per heavy atom. The van der Waals surface area contributed by atoms with E-state index in [9.17, 15) is 9.90 Å². The molecule has 1 amide bonds. The van der Waals surface area contributed by atoms with E-state index >= 15 is 0 Å². The van der Waals surface area contributed by atoms with Crippen LogP contribution in [0.2, 0.25) is 0 Å². The molecule has 1 fully saturated rings. The molecule has 1 aromatic rings. The topological polar surface area (TPSA) is 43.8 Å². The zero-order valence-electron chi connectivity index (χ0n) is 11.1. The smallest absolute Gasteiger partial charge is 0.247 e. The van der Waals surface area contributed by atoms with E-state index in [1.165, 1.54) is 0 Å². The van der Waals surface area contributed by atoms with E-state index in [0.717, 1.165) is 11.3 Å². The summed E-state index contributed by atoms with van der Waals surface area (Å²) < 4.78 is 0. The third-order valence-electron chi connectivity index (χ3n) is 3.58. The molecule has 0 bridgehead atoms. The number of likely N-dealkylation sites (N-methyl/N-ethyl adjacent to an activating group) is 1. The van der Waals surface area contributed by atoms with Crippen LogP contribution in [0.15, 0.2) is 24.3 Å². The average Bonchev–Trinajstić information content (AvgIpc) is 2.34. The standard InChI is InChI=1S/C14H20N2O2/c1-10-6-4-5-7-12(10)16-11(2)8-15(3)14(18)13(16)9-17/h4-7,11,13,17H,8-9H2,1-3H3. The second-order valence-electron chi connectivity index (χ2n) is 4.96. The number of amides is 1. The zero-order valence-corrected chi connectivity index (χ0v) is 11.1. The summed E-state index contributed by atoms with van der Waals surface area (Å²) in [6, 6.07) is 7.71. The highest BCUT2D eigenvalue weighted by atomic mass is 16.3. The van der Waals surface area contributed by atoms with Crippen LogP contribution in [0, 0.1) is 6.92 Å². The van der Waals surface area contributed by atoms with Gasteiger partial charge in [-0.05, 0) is 25.5 Å². The van der Waals surface area contributed by atoms with Crippen molar-refractivity contribution in [2.24, 2.45) is 0 Å². The number of aliphatic hydroxyl groups excluding tert-OH is 1. The van der Waals surface area contributed by atoms with Crippen LogP contribution in [-0.4, -0.2) is 48.2 Å². The van der Waals surface area contributed by atoms with Crippen molar-refractivity contribution < 1.29 is 9.90 Å². The number of aryl methyl sites for hydroxylation is 1. The third kappa shape index (κ3) is 2.08. The minimum atomic E-state index is -0.472. The molecule has 2 unspecified atom stereocenters. The predicted octanol–water partition coefficient (Wildman–Crippen LogP) is 1.02. The molecule has 0 aliphatic carbocycles. The molecule has 98 valence electrons. The second-order valence-corrected chi connectivity index (χ2v) is 4.96. The number of piperazine rings is 1. The highest BCUT2D eigenvalue weighted by molar-refractivity contribution is 5.87. The monoisotopic (exact) mass is 248 g/mol. The molecular formula is C14H20N2O2. The third-order valence-corrected chi connectivity index (χ3v) is 3.58. The van der Waals surface area contributed by atoms with E-state index in [1.54, 1.807) is 11.9 Å². The summed E-state index contributed by atoms with van der Waals surface area (Å²) in [7, 11) is 1.79. The van der Waals surface area contributed by atoms with Crippen LogP contribution in [0.25, 0.3) is 0 Å². The molecule has 0 saturated carbocycles. The van der Waals surface area contributed by atoms with Gasteiger partial charge < -0.3 is 14.9 Å². The van der Waals surface area contributed by atoms with Gasteiger partial charge in [0.2, 0.25) is 5.91 Å². The summed E-state index contributed by atoms with van der Waals surface area (Å²) in [5, 5.41) is 9.53. The maximum atomic E-state index is 12.1. The maximum Gasteiger partial charge on any atom is 0.247 e. The number of hydrogen-bond donors (Lipinski definition) is 1. The number of benzene rings is 1. The highest BCUT2D eigenvalue weighted by Gasteiger charge is 2.37. The first-order valence-corrected chi connectivity index (χ1v) is 6.26. The SMILES string of the molecule is Cc1ccccc1N1C(C)CN(C)C(=O)C1CO. The number of carbonyl (C=O) groups excluding carboxylic acids is 1. The fraction of sp³-hybridized carbons (Fsp3) is 0.500. The van der Waals surface area contributed by atoms with Crippen molar-refractivity contribution in [3.8, 4) is 0 Å². The Hall–Kier alpha value is -1.55. The molecule has 2 atom stereocenters. The Bertz CT molecular complexity index is 447. The molecule has 4 heteroatoms. The van der Waals surface area contributed by atoms with Crippen LogP contribution >= 0.6 is 0 Å². The van der Waals surface area contributed by atoms with Gasteiger partial charge in [-0.2, -0.15) is 0 Å². The molecular weight excluding hydrogens is 228 g/mol. The number of hydrogen-bond acceptors (Lipinski definition) is 3. The van der Waals surface area contributed by atoms with Crippen molar-refractivity contribution in [2.75, 3.05) is 25.1 Å². The van der Waals surface area contributed by atoms with Crippen LogP contribution in [0.3, 0.4) is 0 Å². The van der Waals surface area contributed by atoms with E-state index < -0.39 is 6.04 Å². The first-order valence-electron chi connectivity index (χ1n) is 6.26. The zero-order chi connectivity index (χ0) is 13.3. The van der Waals surface area contributed by atoms with Gasteiger partial charge in [-0.3, -0.25) is 4.79 Å². The Kier molecular flexibility index (Phi) is 3.57. The van der Waals surface area contributed by atoms with Gasteiger partial charge in [-0.1, -0.05) is 18.2 Å². The second kappa shape index (κ2) is 4.98. The Labute approximate surface area is 108 Å². The van der Waals surface area contributed by atoms with Crippen molar-refractivity contribution in [1.29, 1.82) is 0 Å². The van der Waals surface area contributed by atoms with Gasteiger partial charge in [-0.25, -0.2) is 0 Å². The summed E-state index contributed by atoms with van der Waals surface area (Å²) in [6.45, 7) is 4.64. The maximum absolute atomic E-state index is 12.1. The van der Waals surface area contributed by atoms with Gasteiger partial charge in [-0.15, -0.1) is 0 Å². The van der Waals surface area contributed by atoms with Crippen molar-refractivity contribution in [3.05, 3.63) is 29.8 Å². The van der Waals surface area contributed by atoms with Crippen LogP contribution in [0.5, 0.6) is 0 Å².